The molecular formula is C55H104N26O14. The molecule has 0 bridgehead atoms. The molecule has 1 saturated heterocycles. The number of nitrogens with one attached hydrogen (secondary N) is 9. The summed E-state index contributed by atoms with van der Waals surface area (Å²) in [4.78, 5) is 180. The van der Waals surface area contributed by atoms with Gasteiger partial charge in [-0.05, 0) is 136 Å². The third-order valence-electron chi connectivity index (χ3n) is 14.6. The number of nitrogens with two attached hydrogens (primary N) is 12. The third kappa shape index (κ3) is 34.9. The van der Waals surface area contributed by atoms with Crippen LogP contribution in [0.2, 0.25) is 0 Å². The van der Waals surface area contributed by atoms with Gasteiger partial charge in [0, 0.05) is 39.1 Å². The molecule has 0 aromatic heterocycles. The number of aliphatic hydroxyl groups excluding tert-OH is 1. The van der Waals surface area contributed by atoms with Crippen molar-refractivity contribution in [3.05, 3.63) is 0 Å². The van der Waals surface area contributed by atoms with Crippen LogP contribution in [0, 0.1) is 0 Å². The summed E-state index contributed by atoms with van der Waals surface area (Å²) in [5.74, 6) is -12.2. The van der Waals surface area contributed by atoms with Crippen molar-refractivity contribution in [2.75, 3.05) is 52.4 Å². The molecule has 11 atom stereocenters. The van der Waals surface area contributed by atoms with E-state index in [9.17, 15) is 67.7 Å². The van der Waals surface area contributed by atoms with E-state index in [2.05, 4.69) is 67.8 Å². The predicted octanol–water partition coefficient (Wildman–Crippen LogP) is -10.5. The summed E-state index contributed by atoms with van der Waals surface area (Å²) in [6.07, 6.45) is -0.809. The fourth-order valence-electron chi connectivity index (χ4n) is 9.45. The lowest BCUT2D eigenvalue weighted by atomic mass is 10.0. The molecular weight excluding hydrogens is 1250 g/mol. The molecule has 1 heterocycles. The molecule has 95 heavy (non-hydrogen) atoms. The Bertz CT molecular complexity index is 2650. The van der Waals surface area contributed by atoms with E-state index in [0.29, 0.717) is 32.1 Å². The lowest BCUT2D eigenvalue weighted by Crippen LogP contribution is -2.60. The summed E-state index contributed by atoms with van der Waals surface area (Å²) in [6, 6.07) is -14.1. The predicted molar refractivity (Wildman–Crippen MR) is 350 cm³/mol. The Morgan fingerprint density at radius 1 is 0.453 bits per heavy atom. The van der Waals surface area contributed by atoms with Crippen LogP contribution in [0.1, 0.15) is 129 Å². The van der Waals surface area contributed by atoms with Crippen LogP contribution < -0.4 is 117 Å². The SMILES string of the molecule is C[C@H](NC(=O)[C@H](CCCN=C(N)N)NC(=O)[C@H](CCCN=C(N)N)NC(=O)[C@H](CCC(=O)O)NC(=O)[C@H](CCCN=C(N)N)NC(=O)[C@@H]1CCCN1C(=O)[C@@H](N)[C@@H](C)O)C(=O)N[C@@H](CCCCN)C(=O)N[C@@H](CCCCN)C(=O)N[C@@H](CCCN=C(N)N)C(=O)NCC(N)=O. The second kappa shape index (κ2) is 45.8. The molecule has 0 aliphatic carbocycles. The van der Waals surface area contributed by atoms with Crippen LogP contribution >= 0.6 is 0 Å². The van der Waals surface area contributed by atoms with Crippen molar-refractivity contribution in [1.29, 1.82) is 0 Å². The van der Waals surface area contributed by atoms with Crippen LogP contribution in [-0.4, -0.2) is 229 Å². The molecule has 0 unspecified atom stereocenters. The van der Waals surface area contributed by atoms with E-state index in [0.717, 1.165) is 0 Å². The number of likely N-dealkylation sites (tertiary alicyclic amines) is 1. The first kappa shape index (κ1) is 83.6. The lowest BCUT2D eigenvalue weighted by molar-refractivity contribution is -0.142. The Morgan fingerprint density at radius 2 is 0.779 bits per heavy atom. The number of carboxylic acid groups (broad SMARTS) is 1. The van der Waals surface area contributed by atoms with Crippen molar-refractivity contribution < 1.29 is 67.7 Å². The van der Waals surface area contributed by atoms with Crippen molar-refractivity contribution in [2.45, 2.75) is 196 Å². The molecule has 1 aliphatic heterocycles. The van der Waals surface area contributed by atoms with Gasteiger partial charge in [0.25, 0.3) is 0 Å². The van der Waals surface area contributed by atoms with Crippen LogP contribution in [0.25, 0.3) is 0 Å². The maximum atomic E-state index is 14.5. The maximum Gasteiger partial charge on any atom is 0.303 e. The Kier molecular flexibility index (Phi) is 40.3. The van der Waals surface area contributed by atoms with E-state index in [1.165, 1.54) is 18.7 Å². The molecule has 0 saturated carbocycles. The van der Waals surface area contributed by atoms with Gasteiger partial charge in [0.1, 0.15) is 60.4 Å². The second-order valence-corrected chi connectivity index (χ2v) is 22.6. The zero-order valence-electron chi connectivity index (χ0n) is 54.2. The number of primary amides is 1. The first-order chi connectivity index (χ1) is 44.8. The van der Waals surface area contributed by atoms with E-state index < -0.39 is 157 Å². The molecule has 40 nitrogen and oxygen atoms in total. The first-order valence-electron chi connectivity index (χ1n) is 31.4. The third-order valence-corrected chi connectivity index (χ3v) is 14.6. The minimum atomic E-state index is -1.71. The minimum absolute atomic E-state index is 0.00468. The number of carboxylic acids is 1. The number of hydrogen-bond acceptors (Lipinski definition) is 20. The van der Waals surface area contributed by atoms with E-state index in [4.69, 9.17) is 68.8 Å². The van der Waals surface area contributed by atoms with Gasteiger partial charge in [-0.15, -0.1) is 0 Å². The highest BCUT2D eigenvalue weighted by atomic mass is 16.4. The van der Waals surface area contributed by atoms with E-state index in [1.807, 2.05) is 0 Å². The zero-order chi connectivity index (χ0) is 71.7. The molecule has 1 rings (SSSR count). The number of amides is 11. The van der Waals surface area contributed by atoms with Crippen molar-refractivity contribution >= 4 is 94.8 Å². The van der Waals surface area contributed by atoms with Crippen LogP contribution in [0.3, 0.4) is 0 Å². The number of guanidine groups is 4. The number of carbonyl (C=O) groups excluding carboxylic acids is 11. The Morgan fingerprint density at radius 3 is 1.12 bits per heavy atom. The standard InChI is InChI=1S/C55H104N26O14/c1-29(42(86)74-32(12-3-5-21-56)45(89)76-33(13-4-6-22-57)46(90)75-31(14-7-23-68-52(60)61)43(87)72-28-39(58)83)73-44(88)34(15-8-24-69-53(62)63)77-47(91)35(16-9-25-70-54(64)65)78-49(93)37(19-20-40(84)85)79-48(92)36(17-10-26-71-55(66)67)80-50(94)38-18-11-27-81(38)51(95)41(59)30(2)82/h29-38,41,82H,3-28,56-57,59H2,1-2H3,(H2,58,83)(H,72,87)(H,73,88)(H,74,86)(H,75,90)(H,76,89)(H,77,91)(H,78,93)(H,79,92)(H,80,94)(H,84,85)(H4,60,61,68)(H4,62,63,69)(H4,64,65,70)(H4,66,67,71)/t29-,30+,31-,32-,33-,34-,35-,36-,37-,38-,41-/m0/s1. The summed E-state index contributed by atoms with van der Waals surface area (Å²) in [5.41, 5.74) is 66.6. The van der Waals surface area contributed by atoms with Crippen LogP contribution in [0.4, 0.5) is 0 Å². The smallest absolute Gasteiger partial charge is 0.303 e. The number of carbonyl (C=O) groups is 12. The number of nitrogens with zero attached hydrogens (tertiary/aromatic N) is 5. The summed E-state index contributed by atoms with van der Waals surface area (Å²) in [6.45, 7) is 2.52. The number of hydrogen-bond donors (Lipinski definition) is 23. The Balaban J connectivity index is 3.68. The van der Waals surface area contributed by atoms with Gasteiger partial charge in [0.15, 0.2) is 23.8 Å². The molecule has 0 aromatic rings. The highest BCUT2D eigenvalue weighted by Crippen LogP contribution is 2.20. The topological polar surface area (TPSA) is 718 Å². The maximum absolute atomic E-state index is 14.5. The normalized spacial score (nSPS) is 15.6. The van der Waals surface area contributed by atoms with E-state index in [-0.39, 0.29) is 140 Å². The molecule has 0 spiro atoms. The van der Waals surface area contributed by atoms with Gasteiger partial charge in [0.2, 0.25) is 65.0 Å². The lowest BCUT2D eigenvalue weighted by Gasteiger charge is -2.29. The summed E-state index contributed by atoms with van der Waals surface area (Å²) >= 11 is 0. The molecule has 538 valence electrons. The average molecular weight is 1350 g/mol. The summed E-state index contributed by atoms with van der Waals surface area (Å²) < 4.78 is 0. The molecule has 35 N–H and O–H groups in total. The van der Waals surface area contributed by atoms with Crippen LogP contribution in [0.5, 0.6) is 0 Å². The number of rotatable bonds is 48. The van der Waals surface area contributed by atoms with Gasteiger partial charge in [-0.1, -0.05) is 0 Å². The number of aliphatic imine (C=N–C) groups is 4. The first-order valence-corrected chi connectivity index (χ1v) is 31.4. The van der Waals surface area contributed by atoms with Gasteiger partial charge in [-0.3, -0.25) is 77.5 Å². The largest absolute Gasteiger partial charge is 0.481 e. The highest BCUT2D eigenvalue weighted by Gasteiger charge is 2.40. The average Bonchev–Trinajstić information content (AvgIpc) is 1.80. The van der Waals surface area contributed by atoms with Gasteiger partial charge < -0.3 is 132 Å². The molecule has 1 aliphatic rings. The molecule has 40 heteroatoms. The molecule has 0 radical (unpaired) electrons. The second-order valence-electron chi connectivity index (χ2n) is 22.6. The van der Waals surface area contributed by atoms with Crippen LogP contribution in [-0.2, 0) is 57.5 Å². The number of aliphatic hydroxyl groups is 1. The van der Waals surface area contributed by atoms with E-state index in [1.54, 1.807) is 0 Å². The molecule has 0 aromatic carbocycles. The minimum Gasteiger partial charge on any atom is -0.481 e. The molecule has 11 amide bonds. The van der Waals surface area contributed by atoms with Crippen molar-refractivity contribution in [3.8, 4) is 0 Å². The zero-order valence-corrected chi connectivity index (χ0v) is 54.2. The monoisotopic (exact) mass is 1350 g/mol. The van der Waals surface area contributed by atoms with Crippen molar-refractivity contribution in [1.82, 2.24) is 52.8 Å². The highest BCUT2D eigenvalue weighted by molar-refractivity contribution is 5.99. The Hall–Kier alpha value is -9.44. The van der Waals surface area contributed by atoms with Crippen molar-refractivity contribution in [2.24, 2.45) is 88.8 Å². The van der Waals surface area contributed by atoms with Crippen LogP contribution in [0.15, 0.2) is 20.0 Å². The summed E-state index contributed by atoms with van der Waals surface area (Å²) in [5, 5.41) is 42.6. The van der Waals surface area contributed by atoms with Gasteiger partial charge in [0.05, 0.1) is 12.6 Å². The molecule has 1 fully saturated rings. The van der Waals surface area contributed by atoms with Gasteiger partial charge >= 0.3 is 5.97 Å². The fourth-order valence-corrected chi connectivity index (χ4v) is 9.45. The number of unbranched alkanes of at least 4 members (excludes halogenated alkanes) is 2. The number of aliphatic carboxylic acids is 1. The fraction of sp³-hybridized carbons (Fsp3) is 0.709. The van der Waals surface area contributed by atoms with Gasteiger partial charge in [-0.2, -0.15) is 0 Å². The summed E-state index contributed by atoms with van der Waals surface area (Å²) in [7, 11) is 0. The van der Waals surface area contributed by atoms with E-state index >= 15 is 0 Å². The Labute approximate surface area is 550 Å². The quantitative estimate of drug-likeness (QED) is 0.0153. The van der Waals surface area contributed by atoms with Gasteiger partial charge in [-0.25, -0.2) is 0 Å². The van der Waals surface area contributed by atoms with Crippen molar-refractivity contribution in [3.63, 3.8) is 0 Å².